The van der Waals surface area contributed by atoms with Gasteiger partial charge in [0.05, 0.1) is 18.1 Å². The summed E-state index contributed by atoms with van der Waals surface area (Å²) in [5.74, 6) is -0.234. The number of carbonyl (C=O) groups excluding carboxylic acids is 1. The normalized spacial score (nSPS) is 29.7. The van der Waals surface area contributed by atoms with E-state index in [-0.39, 0.29) is 19.1 Å². The Balaban J connectivity index is 2.32. The van der Waals surface area contributed by atoms with Crippen molar-refractivity contribution in [2.75, 3.05) is 20.3 Å². The molecule has 2 atom stereocenters. The number of aliphatic hydroxyl groups is 1. The monoisotopic (exact) mass is 255 g/mol. The molecule has 88 valence electrons. The number of methoxy groups -OCH3 is 1. The first-order valence-corrected chi connectivity index (χ1v) is 5.42. The van der Waals surface area contributed by atoms with Crippen LogP contribution >= 0.6 is 23.2 Å². The van der Waals surface area contributed by atoms with E-state index < -0.39 is 15.9 Å². The maximum atomic E-state index is 11.6. The molecule has 0 radical (unpaired) electrons. The number of amides is 1. The molecule has 1 aliphatic carbocycles. The Kier molecular flexibility index (Phi) is 3.87. The van der Waals surface area contributed by atoms with Crippen molar-refractivity contribution in [2.24, 2.45) is 5.41 Å². The summed E-state index contributed by atoms with van der Waals surface area (Å²) in [6.07, 6.45) is -0.267. The second kappa shape index (κ2) is 4.45. The standard InChI is InChI=1S/C9H15Cl2NO3/c1-8(5-9(8,10)11)7(14)12-3-6(13)4-15-2/h6,13H,3-5H2,1-2H3,(H,12,14). The molecule has 15 heavy (non-hydrogen) atoms. The number of rotatable bonds is 5. The van der Waals surface area contributed by atoms with Crippen LogP contribution in [0.1, 0.15) is 13.3 Å². The molecule has 0 aromatic carbocycles. The van der Waals surface area contributed by atoms with Crippen LogP contribution in [0, 0.1) is 5.41 Å². The molecule has 0 aromatic rings. The van der Waals surface area contributed by atoms with E-state index >= 15 is 0 Å². The lowest BCUT2D eigenvalue weighted by molar-refractivity contribution is -0.126. The fourth-order valence-electron chi connectivity index (χ4n) is 1.30. The third-order valence-electron chi connectivity index (χ3n) is 2.62. The first-order chi connectivity index (χ1) is 6.83. The van der Waals surface area contributed by atoms with Crippen molar-refractivity contribution in [3.05, 3.63) is 0 Å². The van der Waals surface area contributed by atoms with E-state index in [9.17, 15) is 9.90 Å². The number of alkyl halides is 2. The Hall–Kier alpha value is -0.0300. The van der Waals surface area contributed by atoms with Crippen LogP contribution in [0.25, 0.3) is 0 Å². The van der Waals surface area contributed by atoms with Gasteiger partial charge in [0.25, 0.3) is 0 Å². The first kappa shape index (κ1) is 13.0. The number of aliphatic hydroxyl groups excluding tert-OH is 1. The number of halogens is 2. The second-order valence-electron chi connectivity index (χ2n) is 4.03. The molecule has 1 aliphatic rings. The Morgan fingerprint density at radius 3 is 2.60 bits per heavy atom. The highest BCUT2D eigenvalue weighted by atomic mass is 35.5. The van der Waals surface area contributed by atoms with Gasteiger partial charge in [-0.05, 0) is 13.3 Å². The Bertz CT molecular complexity index is 260. The Labute approximate surface area is 98.9 Å². The summed E-state index contributed by atoms with van der Waals surface area (Å²) in [7, 11) is 1.48. The molecular weight excluding hydrogens is 241 g/mol. The predicted octanol–water partition coefficient (Wildman–Crippen LogP) is 0.694. The van der Waals surface area contributed by atoms with Gasteiger partial charge >= 0.3 is 0 Å². The first-order valence-electron chi connectivity index (χ1n) is 4.66. The fourth-order valence-corrected chi connectivity index (χ4v) is 2.01. The van der Waals surface area contributed by atoms with Gasteiger partial charge in [0.1, 0.15) is 4.33 Å². The van der Waals surface area contributed by atoms with Gasteiger partial charge in [0.2, 0.25) is 5.91 Å². The molecule has 0 saturated heterocycles. The van der Waals surface area contributed by atoms with Gasteiger partial charge in [-0.3, -0.25) is 4.79 Å². The van der Waals surface area contributed by atoms with E-state index in [0.29, 0.717) is 6.42 Å². The van der Waals surface area contributed by atoms with Crippen LogP contribution in [0.4, 0.5) is 0 Å². The van der Waals surface area contributed by atoms with Gasteiger partial charge in [-0.15, -0.1) is 23.2 Å². The molecule has 0 aliphatic heterocycles. The highest BCUT2D eigenvalue weighted by Crippen LogP contribution is 2.63. The molecule has 0 spiro atoms. The van der Waals surface area contributed by atoms with Crippen LogP contribution in [-0.2, 0) is 9.53 Å². The molecule has 0 heterocycles. The van der Waals surface area contributed by atoms with Gasteiger partial charge in [-0.1, -0.05) is 0 Å². The van der Waals surface area contributed by atoms with E-state index in [1.165, 1.54) is 7.11 Å². The summed E-state index contributed by atoms with van der Waals surface area (Å²) in [5.41, 5.74) is -0.733. The van der Waals surface area contributed by atoms with Crippen molar-refractivity contribution in [2.45, 2.75) is 23.8 Å². The zero-order chi connectivity index (χ0) is 11.7. The molecule has 4 nitrogen and oxygen atoms in total. The Morgan fingerprint density at radius 1 is 1.67 bits per heavy atom. The quantitative estimate of drug-likeness (QED) is 0.712. The molecule has 1 fully saturated rings. The molecule has 1 saturated carbocycles. The van der Waals surface area contributed by atoms with Gasteiger partial charge in [0, 0.05) is 13.7 Å². The second-order valence-corrected chi connectivity index (χ2v) is 5.52. The summed E-state index contributed by atoms with van der Waals surface area (Å²) >= 11 is 11.7. The molecule has 1 rings (SSSR count). The molecule has 2 N–H and O–H groups in total. The smallest absolute Gasteiger partial charge is 0.229 e. The topological polar surface area (TPSA) is 58.6 Å². The van der Waals surface area contributed by atoms with E-state index in [1.54, 1.807) is 6.92 Å². The zero-order valence-electron chi connectivity index (χ0n) is 8.72. The number of hydrogen-bond acceptors (Lipinski definition) is 3. The van der Waals surface area contributed by atoms with Crippen LogP contribution in [0.5, 0.6) is 0 Å². The maximum absolute atomic E-state index is 11.6. The van der Waals surface area contributed by atoms with Crippen LogP contribution in [-0.4, -0.2) is 41.7 Å². The summed E-state index contributed by atoms with van der Waals surface area (Å²) in [4.78, 5) is 11.6. The predicted molar refractivity (Wildman–Crippen MR) is 58.1 cm³/mol. The van der Waals surface area contributed by atoms with Crippen LogP contribution in [0.2, 0.25) is 0 Å². The lowest BCUT2D eigenvalue weighted by atomic mass is 10.1. The van der Waals surface area contributed by atoms with Gasteiger partial charge < -0.3 is 15.2 Å². The SMILES string of the molecule is COCC(O)CNC(=O)C1(C)CC1(Cl)Cl. The number of nitrogens with one attached hydrogen (secondary N) is 1. The summed E-state index contributed by atoms with van der Waals surface area (Å²) in [6, 6.07) is 0. The number of carbonyl (C=O) groups is 1. The molecule has 0 bridgehead atoms. The van der Waals surface area contributed by atoms with Crippen molar-refractivity contribution in [3.8, 4) is 0 Å². The Morgan fingerprint density at radius 2 is 2.20 bits per heavy atom. The van der Waals surface area contributed by atoms with Crippen LogP contribution < -0.4 is 5.32 Å². The molecular formula is C9H15Cl2NO3. The van der Waals surface area contributed by atoms with E-state index in [0.717, 1.165) is 0 Å². The summed E-state index contributed by atoms with van der Waals surface area (Å²) in [6.45, 7) is 2.03. The summed E-state index contributed by atoms with van der Waals surface area (Å²) in [5, 5.41) is 11.9. The zero-order valence-corrected chi connectivity index (χ0v) is 10.2. The van der Waals surface area contributed by atoms with Gasteiger partial charge in [-0.25, -0.2) is 0 Å². The van der Waals surface area contributed by atoms with E-state index in [4.69, 9.17) is 27.9 Å². The maximum Gasteiger partial charge on any atom is 0.229 e. The molecule has 2 unspecified atom stereocenters. The molecule has 6 heteroatoms. The molecule has 1 amide bonds. The number of hydrogen-bond donors (Lipinski definition) is 2. The molecule has 0 aromatic heterocycles. The highest BCUT2D eigenvalue weighted by molar-refractivity contribution is 6.53. The highest BCUT2D eigenvalue weighted by Gasteiger charge is 2.67. The lowest BCUT2D eigenvalue weighted by Crippen LogP contribution is -2.39. The van der Waals surface area contributed by atoms with Crippen molar-refractivity contribution < 1.29 is 14.6 Å². The minimum absolute atomic E-state index is 0.145. The minimum Gasteiger partial charge on any atom is -0.389 e. The summed E-state index contributed by atoms with van der Waals surface area (Å²) < 4.78 is 3.76. The third-order valence-corrected chi connectivity index (χ3v) is 3.72. The average Bonchev–Trinajstić information content (AvgIpc) is 2.64. The van der Waals surface area contributed by atoms with Crippen molar-refractivity contribution >= 4 is 29.1 Å². The van der Waals surface area contributed by atoms with Crippen molar-refractivity contribution in [1.82, 2.24) is 5.32 Å². The van der Waals surface area contributed by atoms with E-state index in [1.807, 2.05) is 0 Å². The van der Waals surface area contributed by atoms with Gasteiger partial charge in [0.15, 0.2) is 0 Å². The lowest BCUT2D eigenvalue weighted by Gasteiger charge is -2.15. The number of ether oxygens (including phenoxy) is 1. The largest absolute Gasteiger partial charge is 0.389 e. The fraction of sp³-hybridized carbons (Fsp3) is 0.889. The van der Waals surface area contributed by atoms with Crippen LogP contribution in [0.3, 0.4) is 0 Å². The van der Waals surface area contributed by atoms with Crippen molar-refractivity contribution in [3.63, 3.8) is 0 Å². The minimum atomic E-state index is -0.969. The van der Waals surface area contributed by atoms with Gasteiger partial charge in [-0.2, -0.15) is 0 Å². The van der Waals surface area contributed by atoms with E-state index in [2.05, 4.69) is 5.32 Å². The third kappa shape index (κ3) is 2.75. The average molecular weight is 256 g/mol. The van der Waals surface area contributed by atoms with Crippen molar-refractivity contribution in [1.29, 1.82) is 0 Å². The van der Waals surface area contributed by atoms with Crippen LogP contribution in [0.15, 0.2) is 0 Å².